The third-order valence-corrected chi connectivity index (χ3v) is 12.1. The number of hydrogen-bond acceptors (Lipinski definition) is 6. The lowest BCUT2D eigenvalue weighted by Crippen LogP contribution is -2.48. The minimum atomic E-state index is -2.67. The van der Waals surface area contributed by atoms with Crippen molar-refractivity contribution in [1.29, 1.82) is 0 Å². The summed E-state index contributed by atoms with van der Waals surface area (Å²) >= 11 is 0. The van der Waals surface area contributed by atoms with Crippen molar-refractivity contribution in [2.75, 3.05) is 18.1 Å². The molecule has 0 aliphatic carbocycles. The highest BCUT2D eigenvalue weighted by atomic mass is 28.4. The molecule has 1 saturated heterocycles. The molecule has 5 atom stereocenters. The highest BCUT2D eigenvalue weighted by molar-refractivity contribution is 6.71. The number of carbonyl (C=O) groups is 2. The van der Waals surface area contributed by atoms with Gasteiger partial charge < -0.3 is 24.3 Å². The Hall–Kier alpha value is -3.50. The minimum Gasteiger partial charge on any atom is -0.482 e. The fourth-order valence-corrected chi connectivity index (χ4v) is 10.1. The average Bonchev–Trinajstić information content (AvgIpc) is 3.33. The van der Waals surface area contributed by atoms with Gasteiger partial charge >= 0.3 is 0 Å². The number of aryl methyl sites for hydroxylation is 1. The summed E-state index contributed by atoms with van der Waals surface area (Å²) in [4.78, 5) is 41.4. The Morgan fingerprint density at radius 3 is 2.52 bits per heavy atom. The van der Waals surface area contributed by atoms with Gasteiger partial charge in [0.1, 0.15) is 5.75 Å². The first kappa shape index (κ1) is 30.5. The first-order chi connectivity index (χ1) is 21.1. The van der Waals surface area contributed by atoms with Crippen LogP contribution in [0.3, 0.4) is 0 Å². The molecule has 0 radical (unpaired) electrons. The van der Waals surface area contributed by atoms with Gasteiger partial charge in [-0.2, -0.15) is 0 Å². The number of hydrogen-bond donors (Lipinski definition) is 2. The predicted molar refractivity (Wildman–Crippen MR) is 171 cm³/mol. The van der Waals surface area contributed by atoms with Gasteiger partial charge in [-0.3, -0.25) is 14.5 Å². The van der Waals surface area contributed by atoms with Crippen LogP contribution in [0.15, 0.2) is 72.8 Å². The molecule has 2 amide bonds. The summed E-state index contributed by atoms with van der Waals surface area (Å²) in [7, 11) is -2.67. The van der Waals surface area contributed by atoms with E-state index in [1.165, 1.54) is 5.56 Å². The van der Waals surface area contributed by atoms with Crippen molar-refractivity contribution < 1.29 is 29.0 Å². The summed E-state index contributed by atoms with van der Waals surface area (Å²) in [5.74, 6) is 0.626. The van der Waals surface area contributed by atoms with Gasteiger partial charge in [-0.1, -0.05) is 55.5 Å². The second kappa shape index (κ2) is 12.5. The molecular formula is C35H42N2O6Si. The van der Waals surface area contributed by atoms with E-state index in [1.54, 1.807) is 9.80 Å². The van der Waals surface area contributed by atoms with Crippen LogP contribution in [-0.4, -0.2) is 66.4 Å². The fraction of sp³-hybridized carbons (Fsp3) is 0.429. The third kappa shape index (κ3) is 6.06. The van der Waals surface area contributed by atoms with E-state index in [1.807, 2.05) is 73.8 Å². The first-order valence-electron chi connectivity index (χ1n) is 15.6. The van der Waals surface area contributed by atoms with Crippen molar-refractivity contribution in [2.24, 2.45) is 5.92 Å². The van der Waals surface area contributed by atoms with E-state index in [0.717, 1.165) is 35.3 Å². The van der Waals surface area contributed by atoms with Crippen LogP contribution in [-0.2, 0) is 33.7 Å². The van der Waals surface area contributed by atoms with Crippen molar-refractivity contribution in [2.45, 2.75) is 76.0 Å². The van der Waals surface area contributed by atoms with Crippen LogP contribution in [0.2, 0.25) is 18.6 Å². The van der Waals surface area contributed by atoms with E-state index in [2.05, 4.69) is 19.1 Å². The number of carbonyl (C=O) groups excluding carboxylic acids is 2. The number of rotatable bonds is 8. The van der Waals surface area contributed by atoms with E-state index in [-0.39, 0.29) is 61.2 Å². The van der Waals surface area contributed by atoms with Gasteiger partial charge in [0, 0.05) is 17.8 Å². The maximum Gasteiger partial charge on any atom is 0.269 e. The van der Waals surface area contributed by atoms with Crippen molar-refractivity contribution in [3.63, 3.8) is 0 Å². The van der Waals surface area contributed by atoms with Crippen molar-refractivity contribution in [1.82, 2.24) is 4.90 Å². The number of ether oxygens (including phenoxy) is 2. The normalized spacial score (nSPS) is 24.9. The van der Waals surface area contributed by atoms with E-state index < -0.39 is 8.32 Å². The topological polar surface area (TPSA) is 99.5 Å². The first-order valence-corrected chi connectivity index (χ1v) is 18.6. The summed E-state index contributed by atoms with van der Waals surface area (Å²) in [6, 6.07) is 23.4. The molecule has 6 rings (SSSR count). The maximum atomic E-state index is 13.7. The van der Waals surface area contributed by atoms with Gasteiger partial charge in [0.15, 0.2) is 14.9 Å². The molecule has 3 heterocycles. The second-order valence-corrected chi connectivity index (χ2v) is 17.0. The summed E-state index contributed by atoms with van der Waals surface area (Å²) in [5, 5.41) is 10.1. The number of aliphatic hydroxyl groups excluding tert-OH is 1. The molecule has 3 aromatic carbocycles. The molecule has 8 nitrogen and oxygen atoms in total. The Kier molecular flexibility index (Phi) is 8.65. The van der Waals surface area contributed by atoms with Gasteiger partial charge in [0.2, 0.25) is 5.91 Å². The van der Waals surface area contributed by atoms with Crippen LogP contribution in [0.5, 0.6) is 5.75 Å². The fourth-order valence-electron chi connectivity index (χ4n) is 7.48. The number of para-hydroxylation sites is 2. The Morgan fingerprint density at radius 2 is 1.75 bits per heavy atom. The highest BCUT2D eigenvalue weighted by Crippen LogP contribution is 2.46. The quantitative estimate of drug-likeness (QED) is 0.347. The zero-order chi connectivity index (χ0) is 31.0. The average molecular weight is 615 g/mol. The highest BCUT2D eigenvalue weighted by Gasteiger charge is 2.50. The lowest BCUT2D eigenvalue weighted by atomic mass is 9.93. The van der Waals surface area contributed by atoms with Crippen LogP contribution in [0.4, 0.5) is 11.4 Å². The number of amides is 2. The van der Waals surface area contributed by atoms with E-state index in [4.69, 9.17) is 9.47 Å². The molecule has 0 bridgehead atoms. The van der Waals surface area contributed by atoms with Crippen LogP contribution >= 0.6 is 0 Å². The Bertz CT molecular complexity index is 1520. The summed E-state index contributed by atoms with van der Waals surface area (Å²) in [5.41, 5.74) is 4.83. The molecule has 44 heavy (non-hydrogen) atoms. The summed E-state index contributed by atoms with van der Waals surface area (Å²) in [6.07, 6.45) is 1.81. The molecule has 0 spiro atoms. The van der Waals surface area contributed by atoms with Crippen LogP contribution < -0.4 is 9.64 Å². The van der Waals surface area contributed by atoms with Crippen molar-refractivity contribution >= 4 is 31.5 Å². The molecule has 3 aliphatic rings. The van der Waals surface area contributed by atoms with Crippen molar-refractivity contribution in [3.8, 4) is 5.75 Å². The predicted octanol–water partition coefficient (Wildman–Crippen LogP) is 4.98. The summed E-state index contributed by atoms with van der Waals surface area (Å²) in [6.45, 7) is 6.40. The Labute approximate surface area is 260 Å². The molecule has 2 N–H and O–H groups in total. The third-order valence-electron chi connectivity index (χ3n) is 9.57. The minimum absolute atomic E-state index is 0.00000799. The van der Waals surface area contributed by atoms with Gasteiger partial charge in [-0.15, -0.1) is 0 Å². The lowest BCUT2D eigenvalue weighted by molar-refractivity contribution is -0.138. The molecule has 3 aliphatic heterocycles. The van der Waals surface area contributed by atoms with Gasteiger partial charge in [0.25, 0.3) is 5.91 Å². The number of aliphatic hydroxyl groups is 1. The lowest BCUT2D eigenvalue weighted by Gasteiger charge is -2.37. The van der Waals surface area contributed by atoms with Crippen molar-refractivity contribution in [3.05, 3.63) is 89.5 Å². The number of anilines is 2. The van der Waals surface area contributed by atoms with Gasteiger partial charge in [0.05, 0.1) is 37.0 Å². The SMILES string of the molecule is C[C@@H]1[C@@H]([Si](C)(C)O)[C@H](CC(=O)N2Cc3ccccc3C[C@H]2CO)O[C@@H]1CCc1cccc(N2C(=O)COc3ccccc32)c1. The smallest absolute Gasteiger partial charge is 0.269 e. The molecule has 3 aromatic rings. The molecule has 0 aromatic heterocycles. The Balaban J connectivity index is 1.15. The molecule has 232 valence electrons. The maximum absolute atomic E-state index is 13.7. The zero-order valence-corrected chi connectivity index (χ0v) is 26.7. The van der Waals surface area contributed by atoms with Gasteiger partial charge in [-0.25, -0.2) is 0 Å². The van der Waals surface area contributed by atoms with Crippen LogP contribution in [0.25, 0.3) is 0 Å². The van der Waals surface area contributed by atoms with E-state index >= 15 is 0 Å². The number of nitrogens with zero attached hydrogens (tertiary/aromatic N) is 2. The van der Waals surface area contributed by atoms with E-state index in [9.17, 15) is 19.5 Å². The van der Waals surface area contributed by atoms with E-state index in [0.29, 0.717) is 18.7 Å². The second-order valence-electron chi connectivity index (χ2n) is 13.0. The van der Waals surface area contributed by atoms with Crippen LogP contribution in [0, 0.1) is 5.92 Å². The molecule has 0 saturated carbocycles. The largest absolute Gasteiger partial charge is 0.482 e. The summed E-state index contributed by atoms with van der Waals surface area (Å²) < 4.78 is 12.2. The number of benzene rings is 3. The monoisotopic (exact) mass is 614 g/mol. The van der Waals surface area contributed by atoms with Crippen LogP contribution in [0.1, 0.15) is 36.5 Å². The van der Waals surface area contributed by atoms with Gasteiger partial charge in [-0.05, 0) is 79.2 Å². The Morgan fingerprint density at radius 1 is 1.00 bits per heavy atom. The molecule has 9 heteroatoms. The molecule has 0 unspecified atom stereocenters. The molecular weight excluding hydrogens is 572 g/mol. The standard InChI is InChI=1S/C35H42N2O6Si/c1-23-30(16-15-24-9-8-12-27(17-24)37-29-13-6-7-14-31(29)42-22-34(37)40)43-32(35(23)44(2,3)41)19-33(39)36-20-26-11-5-4-10-25(26)18-28(36)21-38/h4-14,17,23,28,30,32,35,38,41H,15-16,18-22H2,1-3H3/t23-,28-,30+,32-,35+/m0/s1. The number of fused-ring (bicyclic) bond motifs is 2. The molecule has 1 fully saturated rings. The zero-order valence-electron chi connectivity index (χ0n) is 25.7.